The van der Waals surface area contributed by atoms with Crippen molar-refractivity contribution >= 4 is 35.2 Å². The number of rotatable bonds is 5. The molecule has 2 aromatic carbocycles. The summed E-state index contributed by atoms with van der Waals surface area (Å²) in [7, 11) is 0. The number of halogens is 1. The van der Waals surface area contributed by atoms with E-state index in [1.165, 1.54) is 0 Å². The number of para-hydroxylation sites is 1. The number of aromatic hydroxyl groups is 1. The van der Waals surface area contributed by atoms with E-state index >= 15 is 0 Å². The van der Waals surface area contributed by atoms with Crippen LogP contribution in [0.1, 0.15) is 25.8 Å². The number of phenolic OH excluding ortho intramolecular Hbond substituents is 1. The van der Waals surface area contributed by atoms with E-state index in [1.54, 1.807) is 23.1 Å². The number of carbonyl (C=O) groups excluding carboxylic acids is 1. The van der Waals surface area contributed by atoms with Gasteiger partial charge in [-0.05, 0) is 55.6 Å². The lowest BCUT2D eigenvalue weighted by Gasteiger charge is -2.28. The molecule has 7 nitrogen and oxygen atoms in total. The van der Waals surface area contributed by atoms with Crippen LogP contribution >= 0.6 is 12.4 Å². The Labute approximate surface area is 194 Å². The second kappa shape index (κ2) is 10.1. The topological polar surface area (TPSA) is 87.6 Å². The molecule has 0 aliphatic carbocycles. The standard InChI is InChI=1S/C24H28N4O3.ClH/c1-15(2)14-31-24(30)28(17-10-11-25-13-17)23-18-9-8-16(3)12-20(18)26-22(27-23)19-6-4-5-7-21(19)29;/h4-9,12,15,17,25,29H,10-11,13-14H2,1-3H3;1H/t17-;/m1./s1. The maximum Gasteiger partial charge on any atom is 0.415 e. The van der Waals surface area contributed by atoms with Gasteiger partial charge >= 0.3 is 6.09 Å². The molecule has 1 saturated heterocycles. The van der Waals surface area contributed by atoms with Crippen molar-refractivity contribution in [3.63, 3.8) is 0 Å². The Balaban J connectivity index is 0.00000289. The summed E-state index contributed by atoms with van der Waals surface area (Å²) >= 11 is 0. The monoisotopic (exact) mass is 456 g/mol. The summed E-state index contributed by atoms with van der Waals surface area (Å²) in [4.78, 5) is 24.4. The molecule has 2 N–H and O–H groups in total. The summed E-state index contributed by atoms with van der Waals surface area (Å²) in [5.41, 5.74) is 2.29. The Morgan fingerprint density at radius 3 is 2.72 bits per heavy atom. The van der Waals surface area contributed by atoms with Crippen LogP contribution in [0.15, 0.2) is 42.5 Å². The normalized spacial score (nSPS) is 15.6. The number of benzene rings is 2. The van der Waals surface area contributed by atoms with Gasteiger partial charge in [-0.3, -0.25) is 4.90 Å². The van der Waals surface area contributed by atoms with E-state index in [9.17, 15) is 9.90 Å². The number of amides is 1. The van der Waals surface area contributed by atoms with Crippen molar-refractivity contribution in [1.29, 1.82) is 0 Å². The number of carbonyl (C=O) groups is 1. The fourth-order valence-electron chi connectivity index (χ4n) is 3.77. The molecule has 0 saturated carbocycles. The van der Waals surface area contributed by atoms with Crippen LogP contribution in [-0.4, -0.2) is 46.9 Å². The fourth-order valence-corrected chi connectivity index (χ4v) is 3.77. The molecule has 3 aromatic rings. The number of aromatic nitrogens is 2. The Kier molecular flexibility index (Phi) is 7.53. The number of fused-ring (bicyclic) bond motifs is 1. The van der Waals surface area contributed by atoms with E-state index in [0.717, 1.165) is 29.4 Å². The minimum Gasteiger partial charge on any atom is -0.507 e. The van der Waals surface area contributed by atoms with Crippen LogP contribution in [0.5, 0.6) is 5.75 Å². The Bertz CT molecular complexity index is 1100. The zero-order valence-corrected chi connectivity index (χ0v) is 19.4. The Morgan fingerprint density at radius 1 is 1.25 bits per heavy atom. The largest absolute Gasteiger partial charge is 0.507 e. The Hall–Kier alpha value is -2.90. The van der Waals surface area contributed by atoms with E-state index in [0.29, 0.717) is 30.4 Å². The molecule has 32 heavy (non-hydrogen) atoms. The molecule has 2 heterocycles. The van der Waals surface area contributed by atoms with Gasteiger partial charge in [0.05, 0.1) is 23.7 Å². The lowest BCUT2D eigenvalue weighted by atomic mass is 10.1. The minimum atomic E-state index is -0.411. The summed E-state index contributed by atoms with van der Waals surface area (Å²) in [6, 6.07) is 12.8. The van der Waals surface area contributed by atoms with Gasteiger partial charge in [-0.25, -0.2) is 14.8 Å². The molecular weight excluding hydrogens is 428 g/mol. The summed E-state index contributed by atoms with van der Waals surface area (Å²) in [6.45, 7) is 7.84. The van der Waals surface area contributed by atoms with Gasteiger partial charge in [-0.2, -0.15) is 0 Å². The maximum atomic E-state index is 13.2. The SMILES string of the molecule is Cc1ccc2c(N(C(=O)OCC(C)C)[C@@H]3CCNC3)nc(-c3ccccc3O)nc2c1.Cl. The summed E-state index contributed by atoms with van der Waals surface area (Å²) in [6.07, 6.45) is 0.395. The number of hydrogen-bond acceptors (Lipinski definition) is 6. The first kappa shape index (κ1) is 23.8. The predicted octanol–water partition coefficient (Wildman–Crippen LogP) is 4.69. The minimum absolute atomic E-state index is 0. The van der Waals surface area contributed by atoms with Crippen molar-refractivity contribution in [1.82, 2.24) is 15.3 Å². The molecule has 1 atom stereocenters. The zero-order chi connectivity index (χ0) is 22.0. The predicted molar refractivity (Wildman–Crippen MR) is 129 cm³/mol. The third-order valence-electron chi connectivity index (χ3n) is 5.34. The van der Waals surface area contributed by atoms with Gasteiger partial charge < -0.3 is 15.2 Å². The highest BCUT2D eigenvalue weighted by atomic mass is 35.5. The molecule has 1 fully saturated rings. The van der Waals surface area contributed by atoms with Gasteiger partial charge in [-0.15, -0.1) is 12.4 Å². The molecule has 170 valence electrons. The summed E-state index contributed by atoms with van der Waals surface area (Å²) in [5, 5.41) is 14.5. The number of hydrogen-bond donors (Lipinski definition) is 2. The third-order valence-corrected chi connectivity index (χ3v) is 5.34. The number of aryl methyl sites for hydroxylation is 1. The number of nitrogens with zero attached hydrogens (tertiary/aromatic N) is 3. The van der Waals surface area contributed by atoms with Gasteiger partial charge in [0.15, 0.2) is 5.82 Å². The molecule has 0 bridgehead atoms. The smallest absolute Gasteiger partial charge is 0.415 e. The van der Waals surface area contributed by atoms with Gasteiger partial charge in [-0.1, -0.05) is 32.0 Å². The molecule has 0 radical (unpaired) electrons. The van der Waals surface area contributed by atoms with Crippen LogP contribution in [-0.2, 0) is 4.74 Å². The van der Waals surface area contributed by atoms with Crippen LogP contribution in [0.4, 0.5) is 10.6 Å². The molecule has 4 rings (SSSR count). The molecule has 8 heteroatoms. The van der Waals surface area contributed by atoms with Crippen LogP contribution in [0.25, 0.3) is 22.3 Å². The highest BCUT2D eigenvalue weighted by Crippen LogP contribution is 2.33. The molecule has 1 amide bonds. The van der Waals surface area contributed by atoms with E-state index in [4.69, 9.17) is 14.7 Å². The maximum absolute atomic E-state index is 13.2. The van der Waals surface area contributed by atoms with Crippen LogP contribution in [0.3, 0.4) is 0 Å². The fraction of sp³-hybridized carbons (Fsp3) is 0.375. The van der Waals surface area contributed by atoms with Crippen LogP contribution in [0.2, 0.25) is 0 Å². The Morgan fingerprint density at radius 2 is 2.03 bits per heavy atom. The lowest BCUT2D eigenvalue weighted by Crippen LogP contribution is -2.43. The van der Waals surface area contributed by atoms with Crippen molar-refractivity contribution in [2.45, 2.75) is 33.2 Å². The zero-order valence-electron chi connectivity index (χ0n) is 18.5. The number of nitrogens with one attached hydrogen (secondary N) is 1. The van der Waals surface area contributed by atoms with Crippen molar-refractivity contribution in [2.24, 2.45) is 5.92 Å². The number of anilines is 1. The van der Waals surface area contributed by atoms with Crippen molar-refractivity contribution in [3.05, 3.63) is 48.0 Å². The van der Waals surface area contributed by atoms with E-state index in [2.05, 4.69) is 5.32 Å². The van der Waals surface area contributed by atoms with Crippen LogP contribution < -0.4 is 10.2 Å². The molecular formula is C24H29ClN4O3. The van der Waals surface area contributed by atoms with Crippen molar-refractivity contribution in [2.75, 3.05) is 24.6 Å². The average Bonchev–Trinajstić information content (AvgIpc) is 3.26. The first-order valence-electron chi connectivity index (χ1n) is 10.7. The van der Waals surface area contributed by atoms with Gasteiger partial charge in [0.25, 0.3) is 0 Å². The lowest BCUT2D eigenvalue weighted by molar-refractivity contribution is 0.138. The van der Waals surface area contributed by atoms with Gasteiger partial charge in [0, 0.05) is 11.9 Å². The molecule has 0 spiro atoms. The van der Waals surface area contributed by atoms with E-state index < -0.39 is 6.09 Å². The number of ether oxygens (including phenoxy) is 1. The van der Waals surface area contributed by atoms with E-state index in [-0.39, 0.29) is 30.1 Å². The first-order valence-corrected chi connectivity index (χ1v) is 10.7. The second-order valence-corrected chi connectivity index (χ2v) is 8.40. The average molecular weight is 457 g/mol. The quantitative estimate of drug-likeness (QED) is 0.579. The summed E-state index contributed by atoms with van der Waals surface area (Å²) in [5.74, 6) is 1.20. The second-order valence-electron chi connectivity index (χ2n) is 8.40. The highest BCUT2D eigenvalue weighted by Gasteiger charge is 2.32. The number of phenols is 1. The molecule has 1 aliphatic rings. The van der Waals surface area contributed by atoms with Gasteiger partial charge in [0.2, 0.25) is 0 Å². The molecule has 0 unspecified atom stereocenters. The molecule has 1 aliphatic heterocycles. The first-order chi connectivity index (χ1) is 14.9. The highest BCUT2D eigenvalue weighted by molar-refractivity contribution is 6.00. The van der Waals surface area contributed by atoms with Gasteiger partial charge in [0.1, 0.15) is 11.6 Å². The third kappa shape index (κ3) is 4.95. The molecule has 1 aromatic heterocycles. The van der Waals surface area contributed by atoms with E-state index in [1.807, 2.05) is 45.0 Å². The van der Waals surface area contributed by atoms with Crippen molar-refractivity contribution in [3.8, 4) is 17.1 Å². The summed E-state index contributed by atoms with van der Waals surface area (Å²) < 4.78 is 5.62. The van der Waals surface area contributed by atoms with Crippen LogP contribution in [0, 0.1) is 12.8 Å². The van der Waals surface area contributed by atoms with Crippen molar-refractivity contribution < 1.29 is 14.6 Å².